The van der Waals surface area contributed by atoms with E-state index in [4.69, 9.17) is 14.2 Å². The molecule has 0 saturated heterocycles. The number of aryl methyl sites for hydroxylation is 1. The number of ether oxygens (including phenoxy) is 3. The summed E-state index contributed by atoms with van der Waals surface area (Å²) in [5, 5.41) is 13.9. The number of nitrogens with one attached hydrogen (secondary N) is 2. The molecule has 0 radical (unpaired) electrons. The Balaban J connectivity index is 1.15. The van der Waals surface area contributed by atoms with Crippen LogP contribution in [0.3, 0.4) is 0 Å². The van der Waals surface area contributed by atoms with E-state index < -0.39 is 21.9 Å². The molecule has 9 heteroatoms. The summed E-state index contributed by atoms with van der Waals surface area (Å²) in [6, 6.07) is 13.3. The molecule has 2 aromatic carbocycles. The maximum Gasteiger partial charge on any atom is 0.229 e. The van der Waals surface area contributed by atoms with Crippen LogP contribution in [-0.4, -0.2) is 51.9 Å². The lowest BCUT2D eigenvalue weighted by molar-refractivity contribution is -0.180. The highest BCUT2D eigenvalue weighted by Crippen LogP contribution is 2.32. The molecule has 1 atom stereocenters. The molecule has 1 aliphatic rings. The Morgan fingerprint density at radius 3 is 2.58 bits per heavy atom. The Morgan fingerprint density at radius 1 is 1.03 bits per heavy atom. The first-order chi connectivity index (χ1) is 18.1. The van der Waals surface area contributed by atoms with E-state index in [-0.39, 0.29) is 0 Å². The minimum Gasteiger partial charge on any atom is -0.463 e. The van der Waals surface area contributed by atoms with E-state index in [1.54, 1.807) is 6.07 Å². The van der Waals surface area contributed by atoms with Crippen LogP contribution in [0.4, 0.5) is 5.69 Å². The van der Waals surface area contributed by atoms with Gasteiger partial charge in [0.25, 0.3) is 0 Å². The van der Waals surface area contributed by atoms with Gasteiger partial charge in [-0.05, 0) is 74.0 Å². The van der Waals surface area contributed by atoms with Crippen LogP contribution in [0.2, 0.25) is 0 Å². The zero-order chi connectivity index (χ0) is 27.4. The lowest BCUT2D eigenvalue weighted by Crippen LogP contribution is -2.35. The van der Waals surface area contributed by atoms with Crippen molar-refractivity contribution in [3.05, 3.63) is 59.2 Å². The summed E-state index contributed by atoms with van der Waals surface area (Å²) in [6.45, 7) is 7.21. The van der Waals surface area contributed by atoms with Crippen LogP contribution in [0.25, 0.3) is 0 Å². The highest BCUT2D eigenvalue weighted by molar-refractivity contribution is 7.92. The van der Waals surface area contributed by atoms with Gasteiger partial charge in [0.15, 0.2) is 0 Å². The molecule has 0 aliphatic carbocycles. The van der Waals surface area contributed by atoms with Gasteiger partial charge in [-0.3, -0.25) is 4.72 Å². The highest BCUT2D eigenvalue weighted by Gasteiger charge is 2.27. The van der Waals surface area contributed by atoms with Crippen molar-refractivity contribution in [1.29, 1.82) is 0 Å². The van der Waals surface area contributed by atoms with Crippen molar-refractivity contribution in [1.82, 2.24) is 5.32 Å². The summed E-state index contributed by atoms with van der Waals surface area (Å²) in [5.41, 5.74) is 3.57. The first kappa shape index (κ1) is 30.4. The molecule has 0 aromatic heterocycles. The zero-order valence-corrected chi connectivity index (χ0v) is 23.8. The average molecular weight is 549 g/mol. The highest BCUT2D eigenvalue weighted by atomic mass is 32.2. The number of fused-ring (bicyclic) bond motifs is 1. The second-order valence-electron chi connectivity index (χ2n) is 10.4. The summed E-state index contributed by atoms with van der Waals surface area (Å²) in [4.78, 5) is 0. The Morgan fingerprint density at radius 2 is 1.79 bits per heavy atom. The molecule has 0 spiro atoms. The van der Waals surface area contributed by atoms with Crippen LogP contribution < -0.4 is 14.8 Å². The maximum atomic E-state index is 11.4. The average Bonchev–Trinajstić information content (AvgIpc) is 2.85. The molecule has 0 saturated carbocycles. The van der Waals surface area contributed by atoms with Crippen molar-refractivity contribution in [3.8, 4) is 5.75 Å². The molecular formula is C29H44N2O6S. The third kappa shape index (κ3) is 11.3. The van der Waals surface area contributed by atoms with Crippen LogP contribution in [0.5, 0.6) is 5.75 Å². The van der Waals surface area contributed by atoms with E-state index >= 15 is 0 Å². The Labute approximate surface area is 228 Å². The van der Waals surface area contributed by atoms with E-state index in [1.165, 1.54) is 0 Å². The molecule has 0 amide bonds. The molecule has 0 bridgehead atoms. The minimum atomic E-state index is -3.25. The Hall–Kier alpha value is -2.17. The van der Waals surface area contributed by atoms with Gasteiger partial charge in [-0.1, -0.05) is 31.0 Å². The molecule has 2 aromatic rings. The van der Waals surface area contributed by atoms with E-state index in [1.807, 2.05) is 50.2 Å². The molecule has 8 nitrogen and oxygen atoms in total. The summed E-state index contributed by atoms with van der Waals surface area (Å²) in [5.74, 6) is 0.207. The van der Waals surface area contributed by atoms with Crippen molar-refractivity contribution >= 4 is 15.7 Å². The maximum absolute atomic E-state index is 11.4. The van der Waals surface area contributed by atoms with Crippen molar-refractivity contribution in [2.24, 2.45) is 0 Å². The van der Waals surface area contributed by atoms with Gasteiger partial charge < -0.3 is 24.6 Å². The molecule has 3 N–H and O–H groups in total. The van der Waals surface area contributed by atoms with Gasteiger partial charge >= 0.3 is 0 Å². The summed E-state index contributed by atoms with van der Waals surface area (Å²) < 4.78 is 42.5. The number of sulfonamides is 1. The standard InChI is InChI=1S/C29H44N2O6S/c1-29(2)36-22-25-20-24(14-15-28(25)37-29)27(32)21-30-16-7-4-5-8-17-35-18-9-6-11-23-12-10-13-26(19-23)31-38(3,33)34/h10,12-15,19-20,27,30-32H,4-9,11,16-18,21-22H2,1-3H3/t27-/m0/s1. The number of aliphatic hydroxyl groups is 1. The fraction of sp³-hybridized carbons (Fsp3) is 0.586. The third-order valence-electron chi connectivity index (χ3n) is 6.36. The number of aliphatic hydroxyl groups excluding tert-OH is 1. The second kappa shape index (κ2) is 14.8. The monoisotopic (exact) mass is 548 g/mol. The Bertz CT molecular complexity index is 1110. The molecular weight excluding hydrogens is 504 g/mol. The van der Waals surface area contributed by atoms with Crippen molar-refractivity contribution in [3.63, 3.8) is 0 Å². The van der Waals surface area contributed by atoms with Gasteiger partial charge in [-0.2, -0.15) is 0 Å². The first-order valence-electron chi connectivity index (χ1n) is 13.6. The zero-order valence-electron chi connectivity index (χ0n) is 23.0. The SMILES string of the molecule is CC1(C)OCc2cc([C@@H](O)CNCCCCCCOCCCCc3cccc(NS(C)(=O)=O)c3)ccc2O1. The number of hydrogen-bond acceptors (Lipinski definition) is 7. The summed E-state index contributed by atoms with van der Waals surface area (Å²) in [6.07, 6.45) is 7.88. The van der Waals surface area contributed by atoms with Crippen LogP contribution in [0.1, 0.15) is 75.2 Å². The van der Waals surface area contributed by atoms with Crippen molar-refractivity contribution < 1.29 is 27.7 Å². The summed E-state index contributed by atoms with van der Waals surface area (Å²) >= 11 is 0. The molecule has 3 rings (SSSR count). The fourth-order valence-electron chi connectivity index (χ4n) is 4.37. The van der Waals surface area contributed by atoms with Gasteiger partial charge in [0.2, 0.25) is 15.8 Å². The smallest absolute Gasteiger partial charge is 0.229 e. The normalized spacial score (nSPS) is 15.5. The van der Waals surface area contributed by atoms with Gasteiger partial charge in [-0.25, -0.2) is 8.42 Å². The predicted octanol–water partition coefficient (Wildman–Crippen LogP) is 4.93. The molecule has 0 fully saturated rings. The summed E-state index contributed by atoms with van der Waals surface area (Å²) in [7, 11) is -3.25. The molecule has 0 unspecified atom stereocenters. The van der Waals surface area contributed by atoms with Crippen LogP contribution in [-0.2, 0) is 32.5 Å². The van der Waals surface area contributed by atoms with E-state index in [0.717, 1.165) is 93.4 Å². The number of hydrogen-bond donors (Lipinski definition) is 3. The van der Waals surface area contributed by atoms with Crippen molar-refractivity contribution in [2.75, 3.05) is 37.3 Å². The lowest BCUT2D eigenvalue weighted by Gasteiger charge is -2.33. The number of anilines is 1. The van der Waals surface area contributed by atoms with Gasteiger partial charge in [-0.15, -0.1) is 0 Å². The topological polar surface area (TPSA) is 106 Å². The minimum absolute atomic E-state index is 0.487. The largest absolute Gasteiger partial charge is 0.463 e. The first-order valence-corrected chi connectivity index (χ1v) is 15.5. The van der Waals surface area contributed by atoms with E-state index in [0.29, 0.717) is 18.8 Å². The molecule has 1 heterocycles. The molecule has 212 valence electrons. The van der Waals surface area contributed by atoms with Crippen LogP contribution in [0.15, 0.2) is 42.5 Å². The number of benzene rings is 2. The van der Waals surface area contributed by atoms with Gasteiger partial charge in [0, 0.05) is 44.9 Å². The second-order valence-corrected chi connectivity index (χ2v) is 12.2. The van der Waals surface area contributed by atoms with Crippen molar-refractivity contribution in [2.45, 2.75) is 77.3 Å². The molecule has 38 heavy (non-hydrogen) atoms. The van der Waals surface area contributed by atoms with E-state index in [2.05, 4.69) is 10.0 Å². The predicted molar refractivity (Wildman–Crippen MR) is 151 cm³/mol. The van der Waals surface area contributed by atoms with Gasteiger partial charge in [0.1, 0.15) is 5.75 Å². The third-order valence-corrected chi connectivity index (χ3v) is 6.97. The van der Waals surface area contributed by atoms with Crippen LogP contribution >= 0.6 is 0 Å². The lowest BCUT2D eigenvalue weighted by atomic mass is 10.0. The fourth-order valence-corrected chi connectivity index (χ4v) is 4.92. The van der Waals surface area contributed by atoms with Gasteiger partial charge in [0.05, 0.1) is 19.0 Å². The van der Waals surface area contributed by atoms with E-state index in [9.17, 15) is 13.5 Å². The number of rotatable bonds is 17. The Kier molecular flexibility index (Phi) is 11.9. The molecule has 1 aliphatic heterocycles. The quantitative estimate of drug-likeness (QED) is 0.241. The number of unbranched alkanes of at least 4 members (excludes halogenated alkanes) is 4. The van der Waals surface area contributed by atoms with Crippen LogP contribution in [0, 0.1) is 0 Å².